The van der Waals surface area contributed by atoms with E-state index in [4.69, 9.17) is 9.47 Å². The van der Waals surface area contributed by atoms with Gasteiger partial charge in [-0.1, -0.05) is 49.2 Å². The summed E-state index contributed by atoms with van der Waals surface area (Å²) in [6.07, 6.45) is 3.72. The van der Waals surface area contributed by atoms with E-state index in [1.807, 2.05) is 0 Å². The first-order valence-electron chi connectivity index (χ1n) is 13.8. The number of rotatable bonds is 12. The van der Waals surface area contributed by atoms with Crippen molar-refractivity contribution < 1.29 is 31.9 Å². The number of carbonyl (C=O) groups is 2. The first-order valence-corrected chi connectivity index (χ1v) is 15.2. The summed E-state index contributed by atoms with van der Waals surface area (Å²) in [5.41, 5.74) is 0.355. The third-order valence-corrected chi connectivity index (χ3v) is 9.22. The van der Waals surface area contributed by atoms with E-state index in [1.165, 1.54) is 61.6 Å². The van der Waals surface area contributed by atoms with Gasteiger partial charge in [-0.2, -0.15) is 0 Å². The Morgan fingerprint density at radius 3 is 2.24 bits per heavy atom. The summed E-state index contributed by atoms with van der Waals surface area (Å²) < 4.78 is 54.2. The van der Waals surface area contributed by atoms with Gasteiger partial charge in [-0.05, 0) is 50.1 Å². The molecule has 0 aliphatic heterocycles. The van der Waals surface area contributed by atoms with Crippen LogP contribution < -0.4 is 19.1 Å². The molecule has 3 aromatic carbocycles. The summed E-state index contributed by atoms with van der Waals surface area (Å²) in [6.45, 7) is 0.688. The van der Waals surface area contributed by atoms with Gasteiger partial charge >= 0.3 is 0 Å². The summed E-state index contributed by atoms with van der Waals surface area (Å²) in [4.78, 5) is 28.5. The monoisotopic (exact) mass is 597 g/mol. The number of methoxy groups -OCH3 is 2. The van der Waals surface area contributed by atoms with E-state index < -0.39 is 34.3 Å². The van der Waals surface area contributed by atoms with Crippen LogP contribution in [0, 0.1) is 5.82 Å². The number of ether oxygens (including phenoxy) is 2. The Morgan fingerprint density at radius 2 is 1.60 bits per heavy atom. The van der Waals surface area contributed by atoms with Crippen LogP contribution in [0.5, 0.6) is 11.5 Å². The standard InChI is InChI=1S/C31H36FN3O6S/c1-22(31(37)33-24-12-8-9-13-24)34(20-23-11-7-10-16-27(23)32)30(36)21-35(42(38,39)26-14-5-4-6-15-26)25-17-18-28(40-2)29(19-25)41-3/h4-7,10-11,14-19,22,24H,8-9,12-13,20-21H2,1-3H3,(H,33,37)/t22-/m1/s1. The maximum absolute atomic E-state index is 14.7. The van der Waals surface area contributed by atoms with Gasteiger partial charge in [-0.15, -0.1) is 0 Å². The van der Waals surface area contributed by atoms with Gasteiger partial charge in [0.15, 0.2) is 11.5 Å². The van der Waals surface area contributed by atoms with Gasteiger partial charge in [0, 0.05) is 24.2 Å². The Labute approximate surface area is 246 Å². The van der Waals surface area contributed by atoms with Crippen molar-refractivity contribution in [3.8, 4) is 11.5 Å². The summed E-state index contributed by atoms with van der Waals surface area (Å²) >= 11 is 0. The van der Waals surface area contributed by atoms with Gasteiger partial charge in [-0.3, -0.25) is 13.9 Å². The van der Waals surface area contributed by atoms with Gasteiger partial charge in [-0.25, -0.2) is 12.8 Å². The molecule has 1 N–H and O–H groups in total. The van der Waals surface area contributed by atoms with Crippen molar-refractivity contribution in [1.29, 1.82) is 0 Å². The van der Waals surface area contributed by atoms with Crippen LogP contribution in [0.25, 0.3) is 0 Å². The first-order chi connectivity index (χ1) is 20.1. The molecule has 0 heterocycles. The molecule has 224 valence electrons. The minimum absolute atomic E-state index is 0.00656. The number of anilines is 1. The highest BCUT2D eigenvalue weighted by Crippen LogP contribution is 2.34. The lowest BCUT2D eigenvalue weighted by Crippen LogP contribution is -2.52. The third-order valence-electron chi connectivity index (χ3n) is 7.43. The highest BCUT2D eigenvalue weighted by molar-refractivity contribution is 7.92. The molecular weight excluding hydrogens is 561 g/mol. The number of nitrogens with one attached hydrogen (secondary N) is 1. The molecule has 1 aliphatic carbocycles. The smallest absolute Gasteiger partial charge is 0.264 e. The van der Waals surface area contributed by atoms with E-state index in [0.29, 0.717) is 5.75 Å². The fourth-order valence-corrected chi connectivity index (χ4v) is 6.44. The molecule has 4 rings (SSSR count). The number of halogens is 1. The summed E-state index contributed by atoms with van der Waals surface area (Å²) in [5.74, 6) is -0.949. The Morgan fingerprint density at radius 1 is 0.952 bits per heavy atom. The fraction of sp³-hybridized carbons (Fsp3) is 0.355. The molecule has 3 aromatic rings. The molecule has 2 amide bonds. The quantitative estimate of drug-likeness (QED) is 0.329. The van der Waals surface area contributed by atoms with Crippen LogP contribution in [0.3, 0.4) is 0 Å². The largest absolute Gasteiger partial charge is 0.493 e. The SMILES string of the molecule is COc1ccc(N(CC(=O)N(Cc2ccccc2F)[C@H](C)C(=O)NC2CCCC2)S(=O)(=O)c2ccccc2)cc1OC. The molecule has 0 spiro atoms. The zero-order chi connectivity index (χ0) is 30.3. The number of benzene rings is 3. The van der Waals surface area contributed by atoms with Crippen LogP contribution >= 0.6 is 0 Å². The molecular formula is C31H36FN3O6S. The third kappa shape index (κ3) is 7.02. The zero-order valence-corrected chi connectivity index (χ0v) is 24.8. The van der Waals surface area contributed by atoms with Crippen molar-refractivity contribution in [2.24, 2.45) is 0 Å². The van der Waals surface area contributed by atoms with Crippen LogP contribution in [0.4, 0.5) is 10.1 Å². The second-order valence-electron chi connectivity index (χ2n) is 10.1. The van der Waals surface area contributed by atoms with Crippen molar-refractivity contribution in [2.75, 3.05) is 25.1 Å². The minimum Gasteiger partial charge on any atom is -0.493 e. The summed E-state index contributed by atoms with van der Waals surface area (Å²) in [6, 6.07) is 17.2. The first kappa shape index (κ1) is 30.8. The molecule has 9 nitrogen and oxygen atoms in total. The van der Waals surface area contributed by atoms with Crippen molar-refractivity contribution >= 4 is 27.5 Å². The molecule has 1 atom stereocenters. The molecule has 0 radical (unpaired) electrons. The van der Waals surface area contributed by atoms with Gasteiger partial charge < -0.3 is 19.7 Å². The molecule has 11 heteroatoms. The molecule has 1 aliphatic rings. The average Bonchev–Trinajstić information content (AvgIpc) is 3.52. The van der Waals surface area contributed by atoms with E-state index in [9.17, 15) is 22.4 Å². The predicted octanol–water partition coefficient (Wildman–Crippen LogP) is 4.51. The van der Waals surface area contributed by atoms with Gasteiger partial charge in [0.1, 0.15) is 18.4 Å². The molecule has 1 fully saturated rings. The second kappa shape index (κ2) is 13.7. The number of carbonyl (C=O) groups excluding carboxylic acids is 2. The average molecular weight is 598 g/mol. The molecule has 0 saturated heterocycles. The molecule has 1 saturated carbocycles. The van der Waals surface area contributed by atoms with Gasteiger partial charge in [0.2, 0.25) is 11.8 Å². The molecule has 42 heavy (non-hydrogen) atoms. The Balaban J connectivity index is 1.73. The van der Waals surface area contributed by atoms with E-state index >= 15 is 0 Å². The topological polar surface area (TPSA) is 105 Å². The predicted molar refractivity (Wildman–Crippen MR) is 157 cm³/mol. The lowest BCUT2D eigenvalue weighted by Gasteiger charge is -2.32. The van der Waals surface area contributed by atoms with Gasteiger partial charge in [0.25, 0.3) is 10.0 Å². The number of hydrogen-bond donors (Lipinski definition) is 1. The second-order valence-corrected chi connectivity index (χ2v) is 12.0. The minimum atomic E-state index is -4.26. The van der Waals surface area contributed by atoms with Crippen LogP contribution in [0.2, 0.25) is 0 Å². The molecule has 0 unspecified atom stereocenters. The molecule has 0 bridgehead atoms. The van der Waals surface area contributed by atoms with Crippen molar-refractivity contribution in [2.45, 2.75) is 56.1 Å². The Bertz CT molecular complexity index is 1500. The summed E-state index contributed by atoms with van der Waals surface area (Å²) in [7, 11) is -1.38. The van der Waals surface area contributed by atoms with E-state index in [0.717, 1.165) is 30.0 Å². The van der Waals surface area contributed by atoms with Crippen molar-refractivity contribution in [3.05, 3.63) is 84.2 Å². The number of nitrogens with zero attached hydrogens (tertiary/aromatic N) is 2. The van der Waals surface area contributed by atoms with Gasteiger partial charge in [0.05, 0.1) is 24.8 Å². The van der Waals surface area contributed by atoms with Crippen molar-refractivity contribution in [1.82, 2.24) is 10.2 Å². The fourth-order valence-electron chi connectivity index (χ4n) is 5.01. The van der Waals surface area contributed by atoms with Crippen molar-refractivity contribution in [3.63, 3.8) is 0 Å². The highest BCUT2D eigenvalue weighted by Gasteiger charge is 2.34. The van der Waals surface area contributed by atoms with Crippen LogP contribution in [0.1, 0.15) is 38.2 Å². The molecule has 0 aromatic heterocycles. The lowest BCUT2D eigenvalue weighted by molar-refractivity contribution is -0.139. The van der Waals surface area contributed by atoms with Crippen LogP contribution in [-0.4, -0.2) is 58.0 Å². The Hall–Kier alpha value is -4.12. The summed E-state index contributed by atoms with van der Waals surface area (Å²) in [5, 5.41) is 2.99. The van der Waals surface area contributed by atoms with E-state index in [-0.39, 0.29) is 40.4 Å². The Kier molecular flexibility index (Phi) is 10.1. The number of amides is 2. The lowest BCUT2D eigenvalue weighted by atomic mass is 10.1. The maximum atomic E-state index is 14.7. The maximum Gasteiger partial charge on any atom is 0.264 e. The van der Waals surface area contributed by atoms with Crippen LogP contribution in [0.15, 0.2) is 77.7 Å². The number of hydrogen-bond acceptors (Lipinski definition) is 6. The van der Waals surface area contributed by atoms with E-state index in [2.05, 4.69) is 5.32 Å². The normalized spacial score (nSPS) is 14.2. The van der Waals surface area contributed by atoms with Crippen LogP contribution in [-0.2, 0) is 26.2 Å². The zero-order valence-electron chi connectivity index (χ0n) is 24.0. The highest BCUT2D eigenvalue weighted by atomic mass is 32.2. The number of sulfonamides is 1. The van der Waals surface area contributed by atoms with E-state index in [1.54, 1.807) is 37.3 Å².